The second kappa shape index (κ2) is 4.50. The third kappa shape index (κ3) is 1.70. The first-order chi connectivity index (χ1) is 8.44. The highest BCUT2D eigenvalue weighted by Gasteiger charge is 2.48. The van der Waals surface area contributed by atoms with Crippen molar-refractivity contribution in [3.05, 3.63) is 27.7 Å². The van der Waals surface area contributed by atoms with Gasteiger partial charge in [-0.15, -0.1) is 0 Å². The molecule has 1 fully saturated rings. The maximum atomic E-state index is 13.9. The quantitative estimate of drug-likeness (QED) is 0.870. The number of hydrogen-bond donors (Lipinski definition) is 1. The van der Waals surface area contributed by atoms with Crippen LogP contribution in [0.1, 0.15) is 24.8 Å². The van der Waals surface area contributed by atoms with Gasteiger partial charge in [0.2, 0.25) is 0 Å². The number of benzene rings is 1. The number of halogens is 3. The van der Waals surface area contributed by atoms with Gasteiger partial charge in [-0.3, -0.25) is 4.79 Å². The predicted molar refractivity (Wildman–Crippen MR) is 63.8 cm³/mol. The van der Waals surface area contributed by atoms with Crippen LogP contribution in [0, 0.1) is 11.6 Å². The van der Waals surface area contributed by atoms with Crippen LogP contribution in [0.3, 0.4) is 0 Å². The van der Waals surface area contributed by atoms with E-state index in [1.165, 1.54) is 7.11 Å². The molecule has 98 valence electrons. The Morgan fingerprint density at radius 3 is 2.50 bits per heavy atom. The van der Waals surface area contributed by atoms with E-state index in [4.69, 9.17) is 4.74 Å². The lowest BCUT2D eigenvalue weighted by Crippen LogP contribution is -2.42. The molecule has 0 aromatic heterocycles. The van der Waals surface area contributed by atoms with Gasteiger partial charge < -0.3 is 9.84 Å². The smallest absolute Gasteiger partial charge is 0.314 e. The fourth-order valence-electron chi connectivity index (χ4n) is 2.26. The largest absolute Gasteiger partial charge is 0.493 e. The molecule has 0 atom stereocenters. The van der Waals surface area contributed by atoms with E-state index in [2.05, 4.69) is 15.9 Å². The van der Waals surface area contributed by atoms with Gasteiger partial charge in [-0.2, -0.15) is 0 Å². The molecule has 0 amide bonds. The minimum atomic E-state index is -1.23. The van der Waals surface area contributed by atoms with Crippen molar-refractivity contribution in [2.24, 2.45) is 0 Å². The van der Waals surface area contributed by atoms with Crippen LogP contribution in [0.5, 0.6) is 5.75 Å². The molecule has 1 N–H and O–H groups in total. The Morgan fingerprint density at radius 1 is 1.50 bits per heavy atom. The summed E-state index contributed by atoms with van der Waals surface area (Å²) >= 11 is 2.77. The van der Waals surface area contributed by atoms with E-state index >= 15 is 0 Å². The molecule has 18 heavy (non-hydrogen) atoms. The number of ether oxygens (including phenoxy) is 1. The standard InChI is InChI=1S/C12H11BrF2O3/c1-18-10-6(5-7(14)8(13)9(10)15)12(11(16)17)3-2-4-12/h5H,2-4H2,1H3,(H,16,17). The zero-order valence-corrected chi connectivity index (χ0v) is 11.2. The molecule has 3 nitrogen and oxygen atoms in total. The summed E-state index contributed by atoms with van der Waals surface area (Å²) in [7, 11) is 1.24. The van der Waals surface area contributed by atoms with Crippen molar-refractivity contribution in [3.63, 3.8) is 0 Å². The van der Waals surface area contributed by atoms with Crippen molar-refractivity contribution < 1.29 is 23.4 Å². The van der Waals surface area contributed by atoms with Gasteiger partial charge in [-0.05, 0) is 34.8 Å². The van der Waals surface area contributed by atoms with Crippen molar-refractivity contribution in [3.8, 4) is 5.75 Å². The average Bonchev–Trinajstić information content (AvgIpc) is 2.24. The third-order valence-electron chi connectivity index (χ3n) is 3.45. The molecule has 1 aliphatic rings. The second-order valence-corrected chi connectivity index (χ2v) is 5.10. The molecule has 0 aliphatic heterocycles. The van der Waals surface area contributed by atoms with E-state index < -0.39 is 23.0 Å². The van der Waals surface area contributed by atoms with E-state index in [1.807, 2.05) is 0 Å². The molecule has 1 aromatic carbocycles. The van der Waals surface area contributed by atoms with Gasteiger partial charge in [-0.25, -0.2) is 8.78 Å². The summed E-state index contributed by atoms with van der Waals surface area (Å²) in [6, 6.07) is 1.04. The highest BCUT2D eigenvalue weighted by atomic mass is 79.9. The van der Waals surface area contributed by atoms with Crippen LogP contribution < -0.4 is 4.74 Å². The first-order valence-electron chi connectivity index (χ1n) is 5.39. The van der Waals surface area contributed by atoms with Crippen LogP contribution in [0.15, 0.2) is 10.5 Å². The fourth-order valence-corrected chi connectivity index (χ4v) is 2.56. The van der Waals surface area contributed by atoms with Crippen LogP contribution >= 0.6 is 15.9 Å². The first-order valence-corrected chi connectivity index (χ1v) is 6.18. The van der Waals surface area contributed by atoms with Gasteiger partial charge in [-0.1, -0.05) is 6.42 Å². The lowest BCUT2D eigenvalue weighted by Gasteiger charge is -2.38. The number of rotatable bonds is 3. The van der Waals surface area contributed by atoms with Gasteiger partial charge >= 0.3 is 5.97 Å². The van der Waals surface area contributed by atoms with Crippen molar-refractivity contribution in [1.82, 2.24) is 0 Å². The molecule has 0 unspecified atom stereocenters. The Balaban J connectivity index is 2.67. The number of carboxylic acid groups (broad SMARTS) is 1. The molecule has 0 bridgehead atoms. The Morgan fingerprint density at radius 2 is 2.11 bits per heavy atom. The third-order valence-corrected chi connectivity index (χ3v) is 4.18. The number of carboxylic acids is 1. The topological polar surface area (TPSA) is 46.5 Å². The summed E-state index contributed by atoms with van der Waals surface area (Å²) in [5, 5.41) is 9.30. The molecule has 6 heteroatoms. The molecule has 0 radical (unpaired) electrons. The molecular formula is C12H11BrF2O3. The van der Waals surface area contributed by atoms with E-state index in [1.54, 1.807) is 0 Å². The average molecular weight is 321 g/mol. The van der Waals surface area contributed by atoms with Crippen LogP contribution in [-0.2, 0) is 10.2 Å². The van der Waals surface area contributed by atoms with Gasteiger partial charge in [0.1, 0.15) is 5.82 Å². The van der Waals surface area contributed by atoms with Crippen molar-refractivity contribution in [2.45, 2.75) is 24.7 Å². The summed E-state index contributed by atoms with van der Waals surface area (Å²) in [5.74, 6) is -3.01. The molecule has 0 heterocycles. The lowest BCUT2D eigenvalue weighted by atomic mass is 9.64. The monoisotopic (exact) mass is 320 g/mol. The Hall–Kier alpha value is -1.17. The number of carbonyl (C=O) groups is 1. The summed E-state index contributed by atoms with van der Waals surface area (Å²) in [4.78, 5) is 11.4. The van der Waals surface area contributed by atoms with Crippen molar-refractivity contribution >= 4 is 21.9 Å². The summed E-state index contributed by atoms with van der Waals surface area (Å²) < 4.78 is 32.0. The summed E-state index contributed by atoms with van der Waals surface area (Å²) in [6.45, 7) is 0. The zero-order valence-electron chi connectivity index (χ0n) is 9.60. The van der Waals surface area contributed by atoms with Crippen molar-refractivity contribution in [2.75, 3.05) is 7.11 Å². The second-order valence-electron chi connectivity index (χ2n) is 4.31. The zero-order chi connectivity index (χ0) is 13.5. The maximum Gasteiger partial charge on any atom is 0.314 e. The van der Waals surface area contributed by atoms with E-state index in [-0.39, 0.29) is 15.8 Å². The Bertz CT molecular complexity index is 513. The highest BCUT2D eigenvalue weighted by Crippen LogP contribution is 2.49. The maximum absolute atomic E-state index is 13.9. The van der Waals surface area contributed by atoms with Crippen LogP contribution in [0.2, 0.25) is 0 Å². The van der Waals surface area contributed by atoms with Crippen LogP contribution in [-0.4, -0.2) is 18.2 Å². The minimum Gasteiger partial charge on any atom is -0.493 e. The predicted octanol–water partition coefficient (Wildman–Crippen LogP) is 3.24. The molecule has 1 aromatic rings. The van der Waals surface area contributed by atoms with Gasteiger partial charge in [0.15, 0.2) is 11.6 Å². The van der Waals surface area contributed by atoms with Crippen molar-refractivity contribution in [1.29, 1.82) is 0 Å². The molecule has 2 rings (SSSR count). The van der Waals surface area contributed by atoms with E-state index in [0.717, 1.165) is 12.5 Å². The minimum absolute atomic E-state index is 0.0713. The Kier molecular flexibility index (Phi) is 3.31. The Labute approximate surface area is 111 Å². The number of aliphatic carboxylic acids is 1. The highest BCUT2D eigenvalue weighted by molar-refractivity contribution is 9.10. The summed E-state index contributed by atoms with van der Waals surface area (Å²) in [6.07, 6.45) is 1.44. The van der Waals surface area contributed by atoms with Gasteiger partial charge in [0.25, 0.3) is 0 Å². The van der Waals surface area contributed by atoms with Crippen LogP contribution in [0.4, 0.5) is 8.78 Å². The molecule has 1 saturated carbocycles. The van der Waals surface area contributed by atoms with Gasteiger partial charge in [0, 0.05) is 5.56 Å². The fraction of sp³-hybridized carbons (Fsp3) is 0.417. The molecular weight excluding hydrogens is 310 g/mol. The van der Waals surface area contributed by atoms with E-state index in [9.17, 15) is 18.7 Å². The summed E-state index contributed by atoms with van der Waals surface area (Å²) in [5.41, 5.74) is -1.16. The molecule has 0 saturated heterocycles. The molecule has 1 aliphatic carbocycles. The van der Waals surface area contributed by atoms with Crippen LogP contribution in [0.25, 0.3) is 0 Å². The first kappa shape index (κ1) is 13.3. The SMILES string of the molecule is COc1c(C2(C(=O)O)CCC2)cc(F)c(Br)c1F. The van der Waals surface area contributed by atoms with E-state index in [0.29, 0.717) is 12.8 Å². The normalized spacial score (nSPS) is 17.1. The number of methoxy groups -OCH3 is 1. The molecule has 0 spiro atoms. The van der Waals surface area contributed by atoms with Gasteiger partial charge in [0.05, 0.1) is 17.0 Å². The lowest BCUT2D eigenvalue weighted by molar-refractivity contribution is -0.147. The number of hydrogen-bond acceptors (Lipinski definition) is 2.